The van der Waals surface area contributed by atoms with Crippen LogP contribution in [0.4, 0.5) is 5.69 Å². The summed E-state index contributed by atoms with van der Waals surface area (Å²) in [6.45, 7) is 4.77. The molecule has 180 valence electrons. The number of carbonyl (C=O) groups excluding carboxylic acids is 1. The highest BCUT2D eigenvalue weighted by Gasteiger charge is 2.19. The van der Waals surface area contributed by atoms with E-state index in [0.29, 0.717) is 40.0 Å². The van der Waals surface area contributed by atoms with Crippen LogP contribution in [0.15, 0.2) is 60.7 Å². The first-order chi connectivity index (χ1) is 16.0. The third-order valence-corrected chi connectivity index (χ3v) is 6.63. The lowest BCUT2D eigenvalue weighted by Gasteiger charge is -2.23. The summed E-state index contributed by atoms with van der Waals surface area (Å²) < 4.78 is 31.7. The van der Waals surface area contributed by atoms with Crippen LogP contribution < -0.4 is 14.4 Å². The van der Waals surface area contributed by atoms with Crippen molar-refractivity contribution in [3.05, 3.63) is 93.0 Å². The predicted octanol–water partition coefficient (Wildman–Crippen LogP) is 5.39. The second-order valence-electron chi connectivity index (χ2n) is 7.97. The molecule has 0 aliphatic rings. The van der Waals surface area contributed by atoms with Gasteiger partial charge in [0.15, 0.2) is 0 Å². The van der Waals surface area contributed by atoms with Crippen LogP contribution in [0.25, 0.3) is 0 Å². The Hall–Kier alpha value is -2.74. The molecule has 0 radical (unpaired) electrons. The van der Waals surface area contributed by atoms with Gasteiger partial charge in [-0.2, -0.15) is 0 Å². The number of aryl methyl sites for hydroxylation is 2. The summed E-state index contributed by atoms with van der Waals surface area (Å²) in [5.74, 6) is 0.554. The summed E-state index contributed by atoms with van der Waals surface area (Å²) in [7, 11) is -3.60. The summed E-state index contributed by atoms with van der Waals surface area (Å²) in [5.41, 5.74) is 3.75. The fraction of sp³-hybridized carbons (Fsp3) is 0.240. The van der Waals surface area contributed by atoms with E-state index in [4.69, 9.17) is 27.9 Å². The smallest absolute Gasteiger partial charge is 0.251 e. The fourth-order valence-corrected chi connectivity index (χ4v) is 4.79. The average molecular weight is 521 g/mol. The average Bonchev–Trinajstić information content (AvgIpc) is 2.75. The number of amides is 1. The van der Waals surface area contributed by atoms with Gasteiger partial charge in [-0.25, -0.2) is 8.42 Å². The molecule has 3 rings (SSSR count). The van der Waals surface area contributed by atoms with Crippen LogP contribution in [-0.2, 0) is 16.6 Å². The summed E-state index contributed by atoms with van der Waals surface area (Å²) in [5, 5.41) is 3.50. The molecule has 0 fully saturated rings. The van der Waals surface area contributed by atoms with Gasteiger partial charge in [-0.3, -0.25) is 9.10 Å². The zero-order valence-electron chi connectivity index (χ0n) is 19.1. The number of nitrogens with zero attached hydrogens (tertiary/aromatic N) is 1. The minimum atomic E-state index is -3.60. The maximum absolute atomic E-state index is 12.5. The number of anilines is 1. The van der Waals surface area contributed by atoms with Crippen LogP contribution in [0.2, 0.25) is 10.0 Å². The van der Waals surface area contributed by atoms with E-state index in [1.807, 2.05) is 32.0 Å². The molecule has 0 aliphatic heterocycles. The molecular weight excluding hydrogens is 495 g/mol. The van der Waals surface area contributed by atoms with Gasteiger partial charge in [-0.15, -0.1) is 0 Å². The predicted molar refractivity (Wildman–Crippen MR) is 138 cm³/mol. The van der Waals surface area contributed by atoms with Gasteiger partial charge >= 0.3 is 0 Å². The SMILES string of the molecule is Cc1ccc(OCCNC(=O)c2ccc(CN(c3cc(Cl)cc(Cl)c3)S(C)(=O)=O)cc2)c(C)c1. The highest BCUT2D eigenvalue weighted by atomic mass is 35.5. The maximum atomic E-state index is 12.5. The van der Waals surface area contributed by atoms with Gasteiger partial charge < -0.3 is 10.1 Å². The van der Waals surface area contributed by atoms with E-state index in [9.17, 15) is 13.2 Å². The third kappa shape index (κ3) is 7.13. The van der Waals surface area contributed by atoms with Crippen molar-refractivity contribution in [2.45, 2.75) is 20.4 Å². The van der Waals surface area contributed by atoms with Gasteiger partial charge in [0.05, 0.1) is 25.0 Å². The second kappa shape index (κ2) is 11.1. The molecule has 3 aromatic rings. The molecule has 0 saturated heterocycles. The van der Waals surface area contributed by atoms with Crippen LogP contribution in [0.1, 0.15) is 27.0 Å². The number of carbonyl (C=O) groups is 1. The van der Waals surface area contributed by atoms with E-state index in [1.54, 1.807) is 24.3 Å². The maximum Gasteiger partial charge on any atom is 0.251 e. The Balaban J connectivity index is 1.60. The first-order valence-corrected chi connectivity index (χ1v) is 13.1. The molecule has 1 amide bonds. The Morgan fingerprint density at radius 3 is 2.21 bits per heavy atom. The van der Waals surface area contributed by atoms with E-state index < -0.39 is 10.0 Å². The number of rotatable bonds is 9. The van der Waals surface area contributed by atoms with Gasteiger partial charge in [0.25, 0.3) is 5.91 Å². The molecule has 0 saturated carbocycles. The Bertz CT molecular complexity index is 1260. The van der Waals surface area contributed by atoms with E-state index in [-0.39, 0.29) is 12.5 Å². The van der Waals surface area contributed by atoms with Crippen molar-refractivity contribution in [2.75, 3.05) is 23.7 Å². The van der Waals surface area contributed by atoms with Gasteiger partial charge in [-0.1, -0.05) is 53.0 Å². The number of benzene rings is 3. The summed E-state index contributed by atoms with van der Waals surface area (Å²) in [6.07, 6.45) is 1.11. The summed E-state index contributed by atoms with van der Waals surface area (Å²) in [4.78, 5) is 12.5. The zero-order chi connectivity index (χ0) is 24.9. The fourth-order valence-electron chi connectivity index (χ4n) is 3.40. The Morgan fingerprint density at radius 2 is 1.62 bits per heavy atom. The zero-order valence-corrected chi connectivity index (χ0v) is 21.5. The van der Waals surface area contributed by atoms with E-state index >= 15 is 0 Å². The largest absolute Gasteiger partial charge is 0.491 e. The Kier molecular flexibility index (Phi) is 8.47. The van der Waals surface area contributed by atoms with Gasteiger partial charge in [0, 0.05) is 15.6 Å². The Labute approximate surface area is 210 Å². The monoisotopic (exact) mass is 520 g/mol. The highest BCUT2D eigenvalue weighted by molar-refractivity contribution is 7.92. The van der Waals surface area contributed by atoms with Crippen molar-refractivity contribution in [3.8, 4) is 5.75 Å². The normalized spacial score (nSPS) is 11.2. The molecule has 0 unspecified atom stereocenters. The minimum absolute atomic E-state index is 0.0706. The third-order valence-electron chi connectivity index (χ3n) is 5.05. The lowest BCUT2D eigenvalue weighted by molar-refractivity contribution is 0.0947. The first-order valence-electron chi connectivity index (χ1n) is 10.5. The standard InChI is InChI=1S/C25H26Cl2N2O4S/c1-17-4-9-24(18(2)12-17)33-11-10-28-25(30)20-7-5-19(6-8-20)16-29(34(3,31)32)23-14-21(26)13-22(27)15-23/h4-9,12-15H,10-11,16H2,1-3H3,(H,28,30). The topological polar surface area (TPSA) is 75.7 Å². The van der Waals surface area contributed by atoms with Crippen molar-refractivity contribution in [1.82, 2.24) is 5.32 Å². The molecule has 9 heteroatoms. The number of hydrogen-bond acceptors (Lipinski definition) is 4. The number of ether oxygens (including phenoxy) is 1. The number of nitrogens with one attached hydrogen (secondary N) is 1. The summed E-state index contributed by atoms with van der Waals surface area (Å²) in [6, 6.07) is 17.3. The van der Waals surface area contributed by atoms with Crippen molar-refractivity contribution < 1.29 is 17.9 Å². The molecule has 1 N–H and O–H groups in total. The molecule has 34 heavy (non-hydrogen) atoms. The van der Waals surface area contributed by atoms with Gasteiger partial charge in [0.1, 0.15) is 12.4 Å². The molecule has 0 atom stereocenters. The molecule has 0 spiro atoms. The van der Waals surface area contributed by atoms with Crippen LogP contribution in [0.5, 0.6) is 5.75 Å². The number of sulfonamides is 1. The van der Waals surface area contributed by atoms with Crippen LogP contribution in [0, 0.1) is 13.8 Å². The minimum Gasteiger partial charge on any atom is -0.491 e. The van der Waals surface area contributed by atoms with Crippen molar-refractivity contribution >= 4 is 44.8 Å². The number of hydrogen-bond donors (Lipinski definition) is 1. The van der Waals surface area contributed by atoms with Crippen LogP contribution in [0.3, 0.4) is 0 Å². The molecule has 0 aromatic heterocycles. The molecule has 0 aliphatic carbocycles. The lowest BCUT2D eigenvalue weighted by Crippen LogP contribution is -2.29. The molecule has 3 aromatic carbocycles. The van der Waals surface area contributed by atoms with E-state index in [1.165, 1.54) is 22.5 Å². The lowest BCUT2D eigenvalue weighted by atomic mass is 10.1. The first kappa shape index (κ1) is 25.9. The molecule has 0 heterocycles. The van der Waals surface area contributed by atoms with Crippen LogP contribution in [-0.4, -0.2) is 33.7 Å². The molecular formula is C25H26Cl2N2O4S. The Morgan fingerprint density at radius 1 is 0.971 bits per heavy atom. The highest BCUT2D eigenvalue weighted by Crippen LogP contribution is 2.28. The number of halogens is 2. The molecule has 6 nitrogen and oxygen atoms in total. The van der Waals surface area contributed by atoms with E-state index in [2.05, 4.69) is 5.32 Å². The molecule has 0 bridgehead atoms. The van der Waals surface area contributed by atoms with Gasteiger partial charge in [-0.05, 0) is 61.4 Å². The van der Waals surface area contributed by atoms with Crippen LogP contribution >= 0.6 is 23.2 Å². The summed E-state index contributed by atoms with van der Waals surface area (Å²) >= 11 is 12.1. The second-order valence-corrected chi connectivity index (χ2v) is 10.7. The quantitative estimate of drug-likeness (QED) is 0.384. The van der Waals surface area contributed by atoms with E-state index in [0.717, 1.165) is 23.1 Å². The van der Waals surface area contributed by atoms with Crippen molar-refractivity contribution in [2.24, 2.45) is 0 Å². The van der Waals surface area contributed by atoms with Gasteiger partial charge in [0.2, 0.25) is 10.0 Å². The van der Waals surface area contributed by atoms with Crippen molar-refractivity contribution in [3.63, 3.8) is 0 Å². The van der Waals surface area contributed by atoms with Crippen molar-refractivity contribution in [1.29, 1.82) is 0 Å².